The van der Waals surface area contributed by atoms with Crippen LogP contribution in [-0.4, -0.2) is 53.6 Å². The molecule has 0 spiro atoms. The molecule has 184 valence electrons. The summed E-state index contributed by atoms with van der Waals surface area (Å²) in [6.45, 7) is 12.9. The second-order valence-corrected chi connectivity index (χ2v) is 10.8. The number of unbranched alkanes of at least 4 members (excludes halogenated alkanes) is 1. The molecule has 5 nitrogen and oxygen atoms in total. The molecule has 0 N–H and O–H groups in total. The summed E-state index contributed by atoms with van der Waals surface area (Å²) in [5, 5.41) is 1.35. The number of benzene rings is 1. The first-order valence-electron chi connectivity index (χ1n) is 12.3. The maximum Gasteiger partial charge on any atom is 0.122 e. The Labute approximate surface area is 205 Å². The number of alkyl halides is 1. The van der Waals surface area contributed by atoms with E-state index in [0.29, 0.717) is 25.1 Å². The molecule has 2 atom stereocenters. The lowest BCUT2D eigenvalue weighted by Gasteiger charge is -2.36. The number of aliphatic imine (C=N–C) groups is 1. The monoisotopic (exact) mass is 475 g/mol. The minimum absolute atomic E-state index is 0.138. The molecule has 0 fully saturated rings. The van der Waals surface area contributed by atoms with Crippen molar-refractivity contribution in [1.29, 1.82) is 0 Å². The Balaban J connectivity index is 1.94. The molecular weight excluding hydrogens is 434 g/mol. The van der Waals surface area contributed by atoms with Crippen LogP contribution in [0.1, 0.15) is 71.2 Å². The standard InChI is InChI=1S/C27H42ClN3O2/c1-20(2)23(17-33-27(3,4)5)29-18-30-16-14-22-21-11-7-8-12-24(21)31(19-32-6)26(22)25(30)13-9-10-15-28/h7-8,11-12,18,20,23,25H,9-10,13-17,19H2,1-6H3/t23?,25-/m0/s1. The van der Waals surface area contributed by atoms with E-state index in [0.717, 1.165) is 32.2 Å². The number of methoxy groups -OCH3 is 1. The summed E-state index contributed by atoms with van der Waals surface area (Å²) in [6, 6.07) is 9.11. The first-order valence-corrected chi connectivity index (χ1v) is 12.9. The van der Waals surface area contributed by atoms with Gasteiger partial charge in [0.1, 0.15) is 6.73 Å². The van der Waals surface area contributed by atoms with Crippen LogP contribution in [-0.2, 0) is 22.6 Å². The third-order valence-corrected chi connectivity index (χ3v) is 6.71. The Morgan fingerprint density at radius 3 is 2.64 bits per heavy atom. The Bertz CT molecular complexity index is 916. The topological polar surface area (TPSA) is 39.0 Å². The summed E-state index contributed by atoms with van der Waals surface area (Å²) in [5.74, 6) is 1.12. The van der Waals surface area contributed by atoms with Crippen LogP contribution in [0.3, 0.4) is 0 Å². The van der Waals surface area contributed by atoms with Crippen LogP contribution in [0.5, 0.6) is 0 Å². The summed E-state index contributed by atoms with van der Waals surface area (Å²) in [5.41, 5.74) is 3.93. The van der Waals surface area contributed by atoms with E-state index in [2.05, 4.69) is 74.7 Å². The van der Waals surface area contributed by atoms with Gasteiger partial charge in [-0.1, -0.05) is 32.0 Å². The van der Waals surface area contributed by atoms with Crippen LogP contribution in [0.2, 0.25) is 0 Å². The first-order chi connectivity index (χ1) is 15.8. The molecule has 1 aromatic carbocycles. The molecule has 1 aliphatic rings. The highest BCUT2D eigenvalue weighted by Crippen LogP contribution is 2.39. The summed E-state index contributed by atoms with van der Waals surface area (Å²) >= 11 is 6.03. The minimum atomic E-state index is -0.159. The van der Waals surface area contributed by atoms with E-state index in [-0.39, 0.29) is 17.7 Å². The predicted octanol–water partition coefficient (Wildman–Crippen LogP) is 6.42. The van der Waals surface area contributed by atoms with Gasteiger partial charge in [0.25, 0.3) is 0 Å². The molecule has 2 heterocycles. The van der Waals surface area contributed by atoms with Gasteiger partial charge in [0.2, 0.25) is 0 Å². The molecule has 0 aliphatic carbocycles. The molecule has 1 aromatic heterocycles. The lowest BCUT2D eigenvalue weighted by molar-refractivity contribution is -0.0145. The van der Waals surface area contributed by atoms with E-state index >= 15 is 0 Å². The van der Waals surface area contributed by atoms with Crippen molar-refractivity contribution >= 4 is 28.8 Å². The van der Waals surface area contributed by atoms with Crippen molar-refractivity contribution in [2.24, 2.45) is 10.9 Å². The van der Waals surface area contributed by atoms with Crippen molar-refractivity contribution in [2.75, 3.05) is 26.1 Å². The Kier molecular flexibility index (Phi) is 9.25. The van der Waals surface area contributed by atoms with Crippen LogP contribution >= 0.6 is 11.6 Å². The van der Waals surface area contributed by atoms with E-state index in [1.807, 2.05) is 0 Å². The zero-order valence-corrected chi connectivity index (χ0v) is 22.1. The van der Waals surface area contributed by atoms with Crippen molar-refractivity contribution in [3.05, 3.63) is 35.5 Å². The van der Waals surface area contributed by atoms with Crippen LogP contribution in [0, 0.1) is 5.92 Å². The van der Waals surface area contributed by atoms with Gasteiger partial charge < -0.3 is 18.9 Å². The zero-order chi connectivity index (χ0) is 24.0. The quantitative estimate of drug-likeness (QED) is 0.163. The van der Waals surface area contributed by atoms with Crippen molar-refractivity contribution in [2.45, 2.75) is 84.7 Å². The van der Waals surface area contributed by atoms with E-state index < -0.39 is 0 Å². The van der Waals surface area contributed by atoms with Crippen molar-refractivity contribution in [3.63, 3.8) is 0 Å². The summed E-state index contributed by atoms with van der Waals surface area (Å²) in [4.78, 5) is 7.48. The number of fused-ring (bicyclic) bond motifs is 3. The fourth-order valence-corrected chi connectivity index (χ4v) is 4.84. The molecule has 6 heteroatoms. The molecular formula is C27H42ClN3O2. The average molecular weight is 476 g/mol. The lowest BCUT2D eigenvalue weighted by atomic mass is 9.94. The normalized spacial score (nSPS) is 17.9. The minimum Gasteiger partial charge on any atom is -0.374 e. The van der Waals surface area contributed by atoms with Crippen LogP contribution in [0.25, 0.3) is 10.9 Å². The molecule has 0 amide bonds. The molecule has 0 saturated heterocycles. The van der Waals surface area contributed by atoms with Crippen LogP contribution in [0.4, 0.5) is 0 Å². The molecule has 2 aromatic rings. The van der Waals surface area contributed by atoms with E-state index in [9.17, 15) is 0 Å². The Morgan fingerprint density at radius 2 is 1.97 bits per heavy atom. The highest BCUT2D eigenvalue weighted by molar-refractivity contribution is 6.17. The largest absolute Gasteiger partial charge is 0.374 e. The van der Waals surface area contributed by atoms with Crippen LogP contribution in [0.15, 0.2) is 29.3 Å². The second-order valence-electron chi connectivity index (χ2n) is 10.4. The highest BCUT2D eigenvalue weighted by atomic mass is 35.5. The fraction of sp³-hybridized carbons (Fsp3) is 0.667. The molecule has 1 aliphatic heterocycles. The van der Waals surface area contributed by atoms with Gasteiger partial charge in [-0.2, -0.15) is 0 Å². The molecule has 3 rings (SSSR count). The van der Waals surface area contributed by atoms with Gasteiger partial charge in [-0.15, -0.1) is 11.6 Å². The number of aromatic nitrogens is 1. The highest BCUT2D eigenvalue weighted by Gasteiger charge is 2.31. The number of rotatable bonds is 11. The molecule has 0 bridgehead atoms. The van der Waals surface area contributed by atoms with Crippen molar-refractivity contribution in [1.82, 2.24) is 9.47 Å². The predicted molar refractivity (Wildman–Crippen MR) is 139 cm³/mol. The molecule has 0 saturated carbocycles. The Hall–Kier alpha value is -1.56. The SMILES string of the molecule is COCn1c2c(c3ccccc31)CCN(C=NC(COC(C)(C)C)C(C)C)[C@H]2CCCCCl. The number of hydrogen-bond donors (Lipinski definition) is 0. The van der Waals surface area contributed by atoms with Gasteiger partial charge in [0, 0.05) is 30.6 Å². The number of hydrogen-bond acceptors (Lipinski definition) is 3. The molecule has 0 radical (unpaired) electrons. The molecule has 33 heavy (non-hydrogen) atoms. The second kappa shape index (κ2) is 11.7. The van der Waals surface area contributed by atoms with Crippen molar-refractivity contribution in [3.8, 4) is 0 Å². The van der Waals surface area contributed by atoms with E-state index in [4.69, 9.17) is 26.1 Å². The van der Waals surface area contributed by atoms with Gasteiger partial charge in [-0.25, -0.2) is 0 Å². The van der Waals surface area contributed by atoms with E-state index in [1.165, 1.54) is 22.2 Å². The number of nitrogens with zero attached hydrogens (tertiary/aromatic N) is 3. The summed E-state index contributed by atoms with van der Waals surface area (Å²) in [6.07, 6.45) is 6.27. The fourth-order valence-electron chi connectivity index (χ4n) is 4.65. The lowest BCUT2D eigenvalue weighted by Crippen LogP contribution is -2.37. The average Bonchev–Trinajstić information content (AvgIpc) is 3.08. The molecule has 1 unspecified atom stereocenters. The first kappa shape index (κ1) is 26.1. The van der Waals surface area contributed by atoms with Gasteiger partial charge in [0.15, 0.2) is 0 Å². The zero-order valence-electron chi connectivity index (χ0n) is 21.3. The number of para-hydroxylation sites is 1. The summed E-state index contributed by atoms with van der Waals surface area (Å²) < 4.78 is 14.1. The number of ether oxygens (including phenoxy) is 2. The maximum absolute atomic E-state index is 6.08. The third-order valence-electron chi connectivity index (χ3n) is 6.44. The van der Waals surface area contributed by atoms with Gasteiger partial charge in [-0.3, -0.25) is 4.99 Å². The smallest absolute Gasteiger partial charge is 0.122 e. The maximum atomic E-state index is 6.08. The van der Waals surface area contributed by atoms with Crippen LogP contribution < -0.4 is 0 Å². The van der Waals surface area contributed by atoms with E-state index in [1.54, 1.807) is 7.11 Å². The van der Waals surface area contributed by atoms with Gasteiger partial charge >= 0.3 is 0 Å². The Morgan fingerprint density at radius 1 is 1.21 bits per heavy atom. The number of halogens is 1. The van der Waals surface area contributed by atoms with Gasteiger partial charge in [0.05, 0.1) is 36.1 Å². The summed E-state index contributed by atoms with van der Waals surface area (Å²) in [7, 11) is 1.77. The van der Waals surface area contributed by atoms with Gasteiger partial charge in [-0.05, 0) is 64.0 Å². The van der Waals surface area contributed by atoms with Crippen molar-refractivity contribution < 1.29 is 9.47 Å². The third kappa shape index (κ3) is 6.52.